The number of nitrogens with one attached hydrogen (secondary N) is 1. The van der Waals surface area contributed by atoms with E-state index in [1.807, 2.05) is 38.1 Å². The summed E-state index contributed by atoms with van der Waals surface area (Å²) < 4.78 is 28.8. The van der Waals surface area contributed by atoms with Crippen molar-refractivity contribution in [1.82, 2.24) is 14.1 Å². The standard InChI is InChI=1S/C24H26N4O4S/c1-17-5-3-7-20(15-17)28-14-12-22(29)23(26-28)24(30)25-19-8-10-21(11-9-19)33(31,32)27-13-4-6-18(2)16-27/h3,5,7-12,14-15,18H,4,6,13,16H2,1-2H3,(H,25,30)/t18-/m1/s1. The van der Waals surface area contributed by atoms with Gasteiger partial charge >= 0.3 is 0 Å². The van der Waals surface area contributed by atoms with E-state index in [2.05, 4.69) is 10.4 Å². The molecule has 1 amide bonds. The number of piperidine rings is 1. The average molecular weight is 467 g/mol. The quantitative estimate of drug-likeness (QED) is 0.622. The lowest BCUT2D eigenvalue weighted by Gasteiger charge is -2.30. The van der Waals surface area contributed by atoms with E-state index >= 15 is 0 Å². The van der Waals surface area contributed by atoms with Gasteiger partial charge in [-0.05, 0) is 67.6 Å². The van der Waals surface area contributed by atoms with Crippen molar-refractivity contribution in [3.8, 4) is 5.69 Å². The SMILES string of the molecule is Cc1cccc(-n2ccc(=O)c(C(=O)Nc3ccc(S(=O)(=O)N4CCC[C@@H](C)C4)cc3)n2)c1. The summed E-state index contributed by atoms with van der Waals surface area (Å²) in [6.07, 6.45) is 3.38. The molecule has 1 N–H and O–H groups in total. The molecule has 0 aliphatic carbocycles. The summed E-state index contributed by atoms with van der Waals surface area (Å²) in [4.78, 5) is 25.2. The van der Waals surface area contributed by atoms with Gasteiger partial charge in [-0.25, -0.2) is 13.1 Å². The van der Waals surface area contributed by atoms with Crippen molar-refractivity contribution >= 4 is 21.6 Å². The van der Waals surface area contributed by atoms with Crippen molar-refractivity contribution in [2.24, 2.45) is 5.92 Å². The molecule has 1 aromatic heterocycles. The zero-order valence-corrected chi connectivity index (χ0v) is 19.4. The van der Waals surface area contributed by atoms with E-state index in [9.17, 15) is 18.0 Å². The molecule has 4 rings (SSSR count). The van der Waals surface area contributed by atoms with Gasteiger partial charge in [-0.15, -0.1) is 0 Å². The van der Waals surface area contributed by atoms with Gasteiger partial charge in [0, 0.05) is 31.0 Å². The van der Waals surface area contributed by atoms with Crippen LogP contribution in [-0.2, 0) is 10.0 Å². The molecule has 3 aromatic rings. The fraction of sp³-hybridized carbons (Fsp3) is 0.292. The van der Waals surface area contributed by atoms with Crippen molar-refractivity contribution in [1.29, 1.82) is 0 Å². The highest BCUT2D eigenvalue weighted by Gasteiger charge is 2.28. The number of sulfonamides is 1. The van der Waals surface area contributed by atoms with Gasteiger partial charge in [-0.1, -0.05) is 19.1 Å². The fourth-order valence-electron chi connectivity index (χ4n) is 3.89. The molecule has 1 aliphatic heterocycles. The normalized spacial score (nSPS) is 17.0. The van der Waals surface area contributed by atoms with Gasteiger partial charge in [-0.2, -0.15) is 9.40 Å². The van der Waals surface area contributed by atoms with E-state index in [0.717, 1.165) is 24.1 Å². The highest BCUT2D eigenvalue weighted by atomic mass is 32.2. The lowest BCUT2D eigenvalue weighted by atomic mass is 10.0. The van der Waals surface area contributed by atoms with Crippen LogP contribution in [0.15, 0.2) is 70.5 Å². The Morgan fingerprint density at radius 3 is 2.58 bits per heavy atom. The van der Waals surface area contributed by atoms with Gasteiger partial charge in [0.2, 0.25) is 15.5 Å². The van der Waals surface area contributed by atoms with Crippen LogP contribution < -0.4 is 10.7 Å². The lowest BCUT2D eigenvalue weighted by Crippen LogP contribution is -2.39. The molecular formula is C24H26N4O4S. The third kappa shape index (κ3) is 5.04. The van der Waals surface area contributed by atoms with E-state index in [-0.39, 0.29) is 10.6 Å². The summed E-state index contributed by atoms with van der Waals surface area (Å²) in [5.74, 6) is -0.336. The fourth-order valence-corrected chi connectivity index (χ4v) is 5.49. The summed E-state index contributed by atoms with van der Waals surface area (Å²) in [7, 11) is -3.58. The summed E-state index contributed by atoms with van der Waals surface area (Å²) >= 11 is 0. The van der Waals surface area contributed by atoms with Crippen molar-refractivity contribution < 1.29 is 13.2 Å². The van der Waals surface area contributed by atoms with Crippen molar-refractivity contribution in [3.05, 3.63) is 82.3 Å². The maximum Gasteiger partial charge on any atom is 0.280 e. The molecule has 0 unspecified atom stereocenters. The number of anilines is 1. The number of hydrogen-bond donors (Lipinski definition) is 1. The Hall–Kier alpha value is -3.30. The molecule has 1 fully saturated rings. The lowest BCUT2D eigenvalue weighted by molar-refractivity contribution is 0.101. The van der Waals surface area contributed by atoms with Crippen LogP contribution in [-0.4, -0.2) is 41.5 Å². The van der Waals surface area contributed by atoms with Crippen LogP contribution in [0.25, 0.3) is 5.69 Å². The van der Waals surface area contributed by atoms with E-state index < -0.39 is 21.4 Å². The number of benzene rings is 2. The number of aryl methyl sites for hydroxylation is 1. The van der Waals surface area contributed by atoms with Crippen LogP contribution in [0.4, 0.5) is 5.69 Å². The summed E-state index contributed by atoms with van der Waals surface area (Å²) in [6, 6.07) is 14.8. The monoisotopic (exact) mass is 466 g/mol. The largest absolute Gasteiger partial charge is 0.320 e. The second kappa shape index (κ2) is 9.29. The van der Waals surface area contributed by atoms with Crippen molar-refractivity contribution in [2.45, 2.75) is 31.6 Å². The molecule has 9 heteroatoms. The Morgan fingerprint density at radius 2 is 1.88 bits per heavy atom. The molecular weight excluding hydrogens is 440 g/mol. The van der Waals surface area contributed by atoms with Gasteiger partial charge < -0.3 is 5.32 Å². The first-order valence-electron chi connectivity index (χ1n) is 10.8. The predicted octanol–water partition coefficient (Wildman–Crippen LogP) is 3.21. The Morgan fingerprint density at radius 1 is 1.12 bits per heavy atom. The number of nitrogens with zero attached hydrogens (tertiary/aromatic N) is 3. The van der Waals surface area contributed by atoms with Crippen LogP contribution in [0.2, 0.25) is 0 Å². The third-order valence-corrected chi connectivity index (χ3v) is 7.54. The van der Waals surface area contributed by atoms with E-state index in [0.29, 0.717) is 24.7 Å². The van der Waals surface area contributed by atoms with Gasteiger partial charge in [-0.3, -0.25) is 9.59 Å². The first kappa shape index (κ1) is 22.9. The molecule has 0 bridgehead atoms. The Bertz CT molecular complexity index is 1330. The maximum atomic E-state index is 12.9. The topological polar surface area (TPSA) is 101 Å². The molecule has 1 atom stereocenters. The minimum atomic E-state index is -3.58. The Balaban J connectivity index is 1.52. The predicted molar refractivity (Wildman–Crippen MR) is 126 cm³/mol. The van der Waals surface area contributed by atoms with Gasteiger partial charge in [0.15, 0.2) is 5.69 Å². The summed E-state index contributed by atoms with van der Waals surface area (Å²) in [6.45, 7) is 5.01. The highest BCUT2D eigenvalue weighted by Crippen LogP contribution is 2.24. The number of rotatable bonds is 5. The van der Waals surface area contributed by atoms with E-state index in [1.165, 1.54) is 45.5 Å². The third-order valence-electron chi connectivity index (χ3n) is 5.66. The molecule has 33 heavy (non-hydrogen) atoms. The van der Waals surface area contributed by atoms with Crippen LogP contribution >= 0.6 is 0 Å². The first-order valence-corrected chi connectivity index (χ1v) is 12.3. The van der Waals surface area contributed by atoms with E-state index in [1.54, 1.807) is 0 Å². The molecule has 0 radical (unpaired) electrons. The number of carbonyl (C=O) groups is 1. The second-order valence-corrected chi connectivity index (χ2v) is 10.3. The minimum absolute atomic E-state index is 0.175. The Kier molecular flexibility index (Phi) is 6.44. The molecule has 2 aromatic carbocycles. The van der Waals surface area contributed by atoms with Gasteiger partial charge in [0.25, 0.3) is 5.91 Å². The second-order valence-electron chi connectivity index (χ2n) is 8.40. The molecule has 0 spiro atoms. The summed E-state index contributed by atoms with van der Waals surface area (Å²) in [5, 5.41) is 6.83. The van der Waals surface area contributed by atoms with Gasteiger partial charge in [0.1, 0.15) is 0 Å². The first-order chi connectivity index (χ1) is 15.7. The molecule has 1 aliphatic rings. The van der Waals surface area contributed by atoms with Crippen LogP contribution in [0, 0.1) is 12.8 Å². The smallest absolute Gasteiger partial charge is 0.280 e. The van der Waals surface area contributed by atoms with Gasteiger partial charge in [0.05, 0.1) is 10.6 Å². The molecule has 172 valence electrons. The zero-order chi connectivity index (χ0) is 23.6. The Labute approximate surface area is 192 Å². The average Bonchev–Trinajstić information content (AvgIpc) is 2.79. The number of aromatic nitrogens is 2. The number of hydrogen-bond acceptors (Lipinski definition) is 5. The summed E-state index contributed by atoms with van der Waals surface area (Å²) in [5.41, 5.74) is 1.37. The molecule has 1 saturated heterocycles. The minimum Gasteiger partial charge on any atom is -0.320 e. The molecule has 0 saturated carbocycles. The number of amides is 1. The highest BCUT2D eigenvalue weighted by molar-refractivity contribution is 7.89. The van der Waals surface area contributed by atoms with Crippen molar-refractivity contribution in [3.63, 3.8) is 0 Å². The van der Waals surface area contributed by atoms with Crippen LogP contribution in [0.5, 0.6) is 0 Å². The van der Waals surface area contributed by atoms with Crippen LogP contribution in [0.1, 0.15) is 35.8 Å². The maximum absolute atomic E-state index is 12.9. The molecule has 2 heterocycles. The van der Waals surface area contributed by atoms with Crippen molar-refractivity contribution in [2.75, 3.05) is 18.4 Å². The number of carbonyl (C=O) groups excluding carboxylic acids is 1. The zero-order valence-electron chi connectivity index (χ0n) is 18.6. The van der Waals surface area contributed by atoms with E-state index in [4.69, 9.17) is 0 Å². The molecule has 8 nitrogen and oxygen atoms in total. The van der Waals surface area contributed by atoms with Crippen LogP contribution in [0.3, 0.4) is 0 Å².